The van der Waals surface area contributed by atoms with Crippen molar-refractivity contribution in [1.82, 2.24) is 0 Å². The Bertz CT molecular complexity index is 631. The topological polar surface area (TPSA) is 26.3 Å². The monoisotopic (exact) mass is 354 g/mol. The van der Waals surface area contributed by atoms with Gasteiger partial charge >= 0.3 is 5.97 Å². The number of esters is 1. The summed E-state index contributed by atoms with van der Waals surface area (Å²) >= 11 is 0. The summed E-state index contributed by atoms with van der Waals surface area (Å²) in [6.45, 7) is 11.0. The predicted molar refractivity (Wildman–Crippen MR) is 107 cm³/mol. The number of rotatable bonds is 5. The van der Waals surface area contributed by atoms with Crippen molar-refractivity contribution in [3.63, 3.8) is 0 Å². The molecule has 26 heavy (non-hydrogen) atoms. The van der Waals surface area contributed by atoms with E-state index in [4.69, 9.17) is 4.74 Å². The second-order valence-electron chi connectivity index (χ2n) is 9.09. The van der Waals surface area contributed by atoms with Gasteiger partial charge in [0.15, 0.2) is 0 Å². The number of ether oxygens (including phenoxy) is 1. The average molecular weight is 355 g/mol. The van der Waals surface area contributed by atoms with E-state index in [9.17, 15) is 4.79 Å². The molecule has 2 saturated carbocycles. The first-order valence-electron chi connectivity index (χ1n) is 10.3. The van der Waals surface area contributed by atoms with Gasteiger partial charge in [-0.3, -0.25) is 4.79 Å². The van der Waals surface area contributed by atoms with Gasteiger partial charge in [0.2, 0.25) is 0 Å². The molecule has 1 aromatic rings. The SMILES string of the molecule is C=C1CCC[C@@H]1CC(=O)O[C@H]1C[C@@H](C)CC[C@@H]1C(C)(C)c1ccccc1. The molecule has 1 aromatic carbocycles. The van der Waals surface area contributed by atoms with Crippen LogP contribution < -0.4 is 0 Å². The van der Waals surface area contributed by atoms with Crippen molar-refractivity contribution in [2.75, 3.05) is 0 Å². The molecule has 0 heterocycles. The molecular weight excluding hydrogens is 320 g/mol. The third-order valence-corrected chi connectivity index (χ3v) is 6.82. The zero-order valence-electron chi connectivity index (χ0n) is 16.7. The molecule has 0 radical (unpaired) electrons. The Labute approximate surface area is 159 Å². The molecule has 142 valence electrons. The van der Waals surface area contributed by atoms with E-state index in [1.807, 2.05) is 0 Å². The van der Waals surface area contributed by atoms with E-state index in [2.05, 4.69) is 57.7 Å². The summed E-state index contributed by atoms with van der Waals surface area (Å²) in [5, 5.41) is 0. The smallest absolute Gasteiger partial charge is 0.306 e. The van der Waals surface area contributed by atoms with Crippen LogP contribution in [0.5, 0.6) is 0 Å². The highest BCUT2D eigenvalue weighted by atomic mass is 16.5. The Balaban J connectivity index is 1.71. The number of carbonyl (C=O) groups is 1. The van der Waals surface area contributed by atoms with Crippen LogP contribution in [0.25, 0.3) is 0 Å². The summed E-state index contributed by atoms with van der Waals surface area (Å²) in [5.41, 5.74) is 2.58. The van der Waals surface area contributed by atoms with Gasteiger partial charge in [0, 0.05) is 5.92 Å². The summed E-state index contributed by atoms with van der Waals surface area (Å²) in [6.07, 6.45) is 7.19. The number of hydrogen-bond acceptors (Lipinski definition) is 2. The van der Waals surface area contributed by atoms with E-state index in [-0.39, 0.29) is 17.5 Å². The Morgan fingerprint density at radius 3 is 2.58 bits per heavy atom. The minimum Gasteiger partial charge on any atom is -0.462 e. The van der Waals surface area contributed by atoms with Crippen LogP contribution in [0.1, 0.15) is 71.3 Å². The molecule has 0 aromatic heterocycles. The zero-order valence-corrected chi connectivity index (χ0v) is 16.7. The highest BCUT2D eigenvalue weighted by Crippen LogP contribution is 2.44. The van der Waals surface area contributed by atoms with E-state index < -0.39 is 0 Å². The van der Waals surface area contributed by atoms with Crippen molar-refractivity contribution in [2.24, 2.45) is 17.8 Å². The lowest BCUT2D eigenvalue weighted by atomic mass is 9.64. The second-order valence-corrected chi connectivity index (χ2v) is 9.09. The summed E-state index contributed by atoms with van der Waals surface area (Å²) in [5.74, 6) is 1.31. The van der Waals surface area contributed by atoms with Crippen LogP contribution in [0, 0.1) is 17.8 Å². The largest absolute Gasteiger partial charge is 0.462 e. The number of benzene rings is 1. The third kappa shape index (κ3) is 4.22. The fourth-order valence-corrected chi connectivity index (χ4v) is 5.01. The van der Waals surface area contributed by atoms with Crippen LogP contribution in [-0.2, 0) is 14.9 Å². The quantitative estimate of drug-likeness (QED) is 0.474. The lowest BCUT2D eigenvalue weighted by Crippen LogP contribution is -2.43. The van der Waals surface area contributed by atoms with Crippen LogP contribution in [0.2, 0.25) is 0 Å². The van der Waals surface area contributed by atoms with Crippen LogP contribution in [0.4, 0.5) is 0 Å². The number of carbonyl (C=O) groups excluding carboxylic acids is 1. The molecule has 0 amide bonds. The second kappa shape index (κ2) is 7.98. The Morgan fingerprint density at radius 1 is 1.19 bits per heavy atom. The summed E-state index contributed by atoms with van der Waals surface area (Å²) in [4.78, 5) is 12.7. The Hall–Kier alpha value is -1.57. The van der Waals surface area contributed by atoms with E-state index in [1.165, 1.54) is 24.0 Å². The molecule has 2 aliphatic carbocycles. The predicted octanol–water partition coefficient (Wildman–Crippen LogP) is 6.06. The zero-order chi connectivity index (χ0) is 18.7. The highest BCUT2D eigenvalue weighted by molar-refractivity contribution is 5.70. The maximum atomic E-state index is 12.7. The van der Waals surface area contributed by atoms with Gasteiger partial charge < -0.3 is 4.74 Å². The van der Waals surface area contributed by atoms with Crippen LogP contribution in [0.15, 0.2) is 42.5 Å². The molecule has 2 heteroatoms. The van der Waals surface area contributed by atoms with E-state index in [0.717, 1.165) is 25.7 Å². The van der Waals surface area contributed by atoms with Crippen molar-refractivity contribution in [3.8, 4) is 0 Å². The first-order chi connectivity index (χ1) is 12.4. The maximum Gasteiger partial charge on any atom is 0.306 e. The van der Waals surface area contributed by atoms with Gasteiger partial charge in [-0.05, 0) is 54.9 Å². The molecule has 0 N–H and O–H groups in total. The molecule has 0 bridgehead atoms. The van der Waals surface area contributed by atoms with E-state index in [0.29, 0.717) is 24.2 Å². The summed E-state index contributed by atoms with van der Waals surface area (Å²) < 4.78 is 6.11. The average Bonchev–Trinajstić information content (AvgIpc) is 3.00. The van der Waals surface area contributed by atoms with Gasteiger partial charge in [-0.15, -0.1) is 0 Å². The summed E-state index contributed by atoms with van der Waals surface area (Å²) in [6, 6.07) is 10.7. The normalized spacial score (nSPS) is 29.6. The minimum absolute atomic E-state index is 0.00328. The van der Waals surface area contributed by atoms with Crippen molar-refractivity contribution in [2.45, 2.75) is 77.2 Å². The number of hydrogen-bond donors (Lipinski definition) is 0. The van der Waals surface area contributed by atoms with E-state index in [1.54, 1.807) is 0 Å². The van der Waals surface area contributed by atoms with Gasteiger partial charge in [-0.2, -0.15) is 0 Å². The molecule has 0 saturated heterocycles. The fraction of sp³-hybridized carbons (Fsp3) is 0.625. The van der Waals surface area contributed by atoms with Gasteiger partial charge in [0.25, 0.3) is 0 Å². The van der Waals surface area contributed by atoms with Crippen molar-refractivity contribution >= 4 is 5.97 Å². The number of allylic oxidation sites excluding steroid dienone is 1. The molecule has 4 atom stereocenters. The van der Waals surface area contributed by atoms with Crippen molar-refractivity contribution in [1.29, 1.82) is 0 Å². The molecular formula is C24H34O2. The lowest BCUT2D eigenvalue weighted by Gasteiger charge is -2.44. The van der Waals surface area contributed by atoms with Crippen LogP contribution >= 0.6 is 0 Å². The minimum atomic E-state index is -0.0222. The molecule has 3 rings (SSSR count). The molecule has 2 aliphatic rings. The Morgan fingerprint density at radius 2 is 1.92 bits per heavy atom. The highest BCUT2D eigenvalue weighted by Gasteiger charge is 2.42. The van der Waals surface area contributed by atoms with Gasteiger partial charge in [0.05, 0.1) is 6.42 Å². The maximum absolute atomic E-state index is 12.7. The first-order valence-corrected chi connectivity index (χ1v) is 10.3. The van der Waals surface area contributed by atoms with E-state index >= 15 is 0 Å². The standard InChI is InChI=1S/C24H34O2/c1-17-13-14-21(24(3,4)20-11-6-5-7-12-20)22(15-17)26-23(25)16-19-10-8-9-18(19)2/h5-7,11-12,17,19,21-22H,2,8-10,13-16H2,1,3-4H3/t17-,19+,21-,22-/m0/s1. The molecule has 0 unspecified atom stereocenters. The molecule has 0 spiro atoms. The first kappa shape index (κ1) is 19.2. The fourth-order valence-electron chi connectivity index (χ4n) is 5.01. The molecule has 2 fully saturated rings. The molecule has 2 nitrogen and oxygen atoms in total. The Kier molecular flexibility index (Phi) is 5.89. The van der Waals surface area contributed by atoms with Gasteiger partial charge in [-0.1, -0.05) is 69.7 Å². The van der Waals surface area contributed by atoms with Crippen LogP contribution in [0.3, 0.4) is 0 Å². The van der Waals surface area contributed by atoms with Crippen molar-refractivity contribution < 1.29 is 9.53 Å². The third-order valence-electron chi connectivity index (χ3n) is 6.82. The van der Waals surface area contributed by atoms with Crippen LogP contribution in [-0.4, -0.2) is 12.1 Å². The van der Waals surface area contributed by atoms with Gasteiger partial charge in [0.1, 0.15) is 6.10 Å². The van der Waals surface area contributed by atoms with Gasteiger partial charge in [-0.25, -0.2) is 0 Å². The lowest BCUT2D eigenvalue weighted by molar-refractivity contribution is -0.157. The molecule has 0 aliphatic heterocycles. The van der Waals surface area contributed by atoms with Crippen molar-refractivity contribution in [3.05, 3.63) is 48.0 Å². The summed E-state index contributed by atoms with van der Waals surface area (Å²) in [7, 11) is 0.